The quantitative estimate of drug-likeness (QED) is 0.668. The fourth-order valence-corrected chi connectivity index (χ4v) is 3.30. The minimum Gasteiger partial charge on any atom is -0.286 e. The topological polar surface area (TPSA) is 66.5 Å². The van der Waals surface area contributed by atoms with E-state index in [1.165, 1.54) is 0 Å². The van der Waals surface area contributed by atoms with Gasteiger partial charge < -0.3 is 0 Å². The summed E-state index contributed by atoms with van der Waals surface area (Å²) in [5.41, 5.74) is 0.112. The lowest BCUT2D eigenvalue weighted by molar-refractivity contribution is 0.205. The molecule has 0 saturated carbocycles. The number of rotatable bonds is 5. The van der Waals surface area contributed by atoms with Crippen molar-refractivity contribution in [3.63, 3.8) is 0 Å². The minimum atomic E-state index is -2.86. The maximum absolute atomic E-state index is 9.24. The summed E-state index contributed by atoms with van der Waals surface area (Å²) < 4.78 is 18.5. The first-order chi connectivity index (χ1) is 5.97. The summed E-state index contributed by atoms with van der Waals surface area (Å²) in [5.74, 6) is 0.281. The van der Waals surface area contributed by atoms with Crippen LogP contribution in [0.15, 0.2) is 0 Å². The molecular formula is C10H25NO2S. The molecule has 0 aromatic rings. The standard InChI is InChI=1S/C10H25NO2S/c1-6-9(2,3)7-10(4,5)8-14(11,12)13/h12-13H,6-8,11H2,1-5H3. The Labute approximate surface area is 89.6 Å². The zero-order chi connectivity index (χ0) is 11.6. The van der Waals surface area contributed by atoms with E-state index in [0.717, 1.165) is 12.8 Å². The van der Waals surface area contributed by atoms with Crippen LogP contribution in [0.25, 0.3) is 0 Å². The summed E-state index contributed by atoms with van der Waals surface area (Å²) in [4.78, 5) is 0. The lowest BCUT2D eigenvalue weighted by Crippen LogP contribution is -2.30. The maximum Gasteiger partial charge on any atom is 0.0577 e. The Morgan fingerprint density at radius 3 is 1.79 bits per heavy atom. The smallest absolute Gasteiger partial charge is 0.0577 e. The Morgan fingerprint density at radius 2 is 1.50 bits per heavy atom. The Morgan fingerprint density at radius 1 is 1.07 bits per heavy atom. The van der Waals surface area contributed by atoms with Crippen molar-refractivity contribution in [2.45, 2.75) is 47.5 Å². The van der Waals surface area contributed by atoms with Gasteiger partial charge in [-0.3, -0.25) is 9.11 Å². The van der Waals surface area contributed by atoms with Crippen LogP contribution in [0.4, 0.5) is 0 Å². The average molecular weight is 223 g/mol. The highest BCUT2D eigenvalue weighted by Gasteiger charge is 2.30. The lowest BCUT2D eigenvalue weighted by Gasteiger charge is -2.40. The van der Waals surface area contributed by atoms with E-state index in [1.54, 1.807) is 0 Å². The molecule has 4 N–H and O–H groups in total. The highest BCUT2D eigenvalue weighted by molar-refractivity contribution is 8.22. The Kier molecular flexibility index (Phi) is 4.46. The molecule has 0 amide bonds. The van der Waals surface area contributed by atoms with Gasteiger partial charge in [0, 0.05) is 0 Å². The van der Waals surface area contributed by atoms with Crippen LogP contribution in [0.2, 0.25) is 0 Å². The van der Waals surface area contributed by atoms with Crippen molar-refractivity contribution in [3.05, 3.63) is 0 Å². The van der Waals surface area contributed by atoms with Gasteiger partial charge in [0.2, 0.25) is 0 Å². The third kappa shape index (κ3) is 6.65. The third-order valence-corrected chi connectivity index (χ3v) is 3.72. The molecule has 0 unspecified atom stereocenters. The van der Waals surface area contributed by atoms with Gasteiger partial charge in [0.05, 0.1) is 5.75 Å². The van der Waals surface area contributed by atoms with Crippen LogP contribution >= 0.6 is 10.8 Å². The highest BCUT2D eigenvalue weighted by atomic mass is 32.3. The van der Waals surface area contributed by atoms with Gasteiger partial charge in [-0.05, 0) is 17.3 Å². The molecule has 0 aliphatic rings. The first kappa shape index (κ1) is 14.2. The van der Waals surface area contributed by atoms with Gasteiger partial charge in [-0.2, -0.15) is 0 Å². The zero-order valence-corrected chi connectivity index (χ0v) is 10.8. The van der Waals surface area contributed by atoms with Crippen LogP contribution < -0.4 is 5.14 Å². The second-order valence-electron chi connectivity index (χ2n) is 5.72. The molecule has 0 atom stereocenters. The molecule has 0 radical (unpaired) electrons. The monoisotopic (exact) mass is 223 g/mol. The van der Waals surface area contributed by atoms with Gasteiger partial charge in [0.1, 0.15) is 0 Å². The molecule has 0 aromatic carbocycles. The first-order valence-corrected chi connectivity index (χ1v) is 6.79. The van der Waals surface area contributed by atoms with Crippen molar-refractivity contribution >= 4 is 10.8 Å². The predicted molar refractivity (Wildman–Crippen MR) is 64.4 cm³/mol. The van der Waals surface area contributed by atoms with Gasteiger partial charge >= 0.3 is 0 Å². The molecule has 0 spiro atoms. The molecule has 0 heterocycles. The molecule has 0 aliphatic carbocycles. The van der Waals surface area contributed by atoms with Crippen LogP contribution in [-0.2, 0) is 0 Å². The van der Waals surface area contributed by atoms with E-state index >= 15 is 0 Å². The third-order valence-electron chi connectivity index (χ3n) is 2.52. The van der Waals surface area contributed by atoms with Gasteiger partial charge in [0.25, 0.3) is 0 Å². The molecule has 88 valence electrons. The van der Waals surface area contributed by atoms with Crippen molar-refractivity contribution in [1.29, 1.82) is 0 Å². The Balaban J connectivity index is 4.35. The van der Waals surface area contributed by atoms with E-state index in [1.807, 2.05) is 13.8 Å². The van der Waals surface area contributed by atoms with Gasteiger partial charge in [-0.15, -0.1) is 10.8 Å². The molecule has 14 heavy (non-hydrogen) atoms. The summed E-state index contributed by atoms with van der Waals surface area (Å²) in [7, 11) is -2.86. The van der Waals surface area contributed by atoms with Crippen LogP contribution in [0.5, 0.6) is 0 Å². The van der Waals surface area contributed by atoms with Crippen molar-refractivity contribution in [3.8, 4) is 0 Å². The molecular weight excluding hydrogens is 198 g/mol. The highest BCUT2D eigenvalue weighted by Crippen LogP contribution is 2.43. The zero-order valence-electron chi connectivity index (χ0n) is 10.0. The molecule has 0 fully saturated rings. The number of hydrogen-bond acceptors (Lipinski definition) is 3. The van der Waals surface area contributed by atoms with Gasteiger partial charge in [-0.25, -0.2) is 5.14 Å². The summed E-state index contributed by atoms with van der Waals surface area (Å²) >= 11 is 0. The fraction of sp³-hybridized carbons (Fsp3) is 1.00. The van der Waals surface area contributed by atoms with Gasteiger partial charge in [-0.1, -0.05) is 41.0 Å². The van der Waals surface area contributed by atoms with E-state index < -0.39 is 10.8 Å². The largest absolute Gasteiger partial charge is 0.286 e. The second-order valence-corrected chi connectivity index (χ2v) is 7.44. The summed E-state index contributed by atoms with van der Waals surface area (Å²) in [6.45, 7) is 10.6. The van der Waals surface area contributed by atoms with Crippen LogP contribution in [-0.4, -0.2) is 14.9 Å². The normalized spacial score (nSPS) is 15.7. The molecule has 0 bridgehead atoms. The minimum absolute atomic E-state index is 0.118. The molecule has 4 heteroatoms. The average Bonchev–Trinajstić information content (AvgIpc) is 1.78. The Hall–Kier alpha value is 0.230. The lowest BCUT2D eigenvalue weighted by atomic mass is 9.75. The van der Waals surface area contributed by atoms with Crippen molar-refractivity contribution < 1.29 is 9.11 Å². The number of nitrogens with two attached hydrogens (primary N) is 1. The SMILES string of the molecule is CCC(C)(C)CC(C)(C)CS(N)(O)O. The fourth-order valence-electron chi connectivity index (χ4n) is 2.05. The summed E-state index contributed by atoms with van der Waals surface area (Å²) in [6, 6.07) is 0. The Bertz CT molecular complexity index is 185. The number of hydrogen-bond donors (Lipinski definition) is 3. The first-order valence-electron chi connectivity index (χ1n) is 5.01. The van der Waals surface area contributed by atoms with E-state index in [4.69, 9.17) is 5.14 Å². The van der Waals surface area contributed by atoms with E-state index in [0.29, 0.717) is 0 Å². The van der Waals surface area contributed by atoms with E-state index in [9.17, 15) is 9.11 Å². The second kappa shape index (κ2) is 4.39. The van der Waals surface area contributed by atoms with Crippen molar-refractivity contribution in [2.75, 3.05) is 5.75 Å². The van der Waals surface area contributed by atoms with E-state index in [-0.39, 0.29) is 16.6 Å². The molecule has 0 aromatic heterocycles. The molecule has 0 aliphatic heterocycles. The van der Waals surface area contributed by atoms with Crippen LogP contribution in [0, 0.1) is 10.8 Å². The van der Waals surface area contributed by atoms with Crippen molar-refractivity contribution in [1.82, 2.24) is 0 Å². The van der Waals surface area contributed by atoms with Crippen LogP contribution in [0.1, 0.15) is 47.5 Å². The summed E-state index contributed by atoms with van der Waals surface area (Å²) in [5, 5.41) is 5.28. The van der Waals surface area contributed by atoms with Gasteiger partial charge in [0.15, 0.2) is 0 Å². The van der Waals surface area contributed by atoms with Crippen molar-refractivity contribution in [2.24, 2.45) is 16.0 Å². The summed E-state index contributed by atoms with van der Waals surface area (Å²) in [6.07, 6.45) is 2.03. The molecule has 3 nitrogen and oxygen atoms in total. The van der Waals surface area contributed by atoms with Crippen LogP contribution in [0.3, 0.4) is 0 Å². The van der Waals surface area contributed by atoms with E-state index in [2.05, 4.69) is 20.8 Å². The molecule has 0 saturated heterocycles. The maximum atomic E-state index is 9.24. The molecule has 0 rings (SSSR count). The predicted octanol–water partition coefficient (Wildman–Crippen LogP) is 3.46.